The van der Waals surface area contributed by atoms with E-state index < -0.39 is 12.0 Å². The van der Waals surface area contributed by atoms with Gasteiger partial charge in [-0.3, -0.25) is 4.79 Å². The minimum atomic E-state index is -1.00. The fourth-order valence-corrected chi connectivity index (χ4v) is 0.234. The van der Waals surface area contributed by atoms with Crippen LogP contribution >= 0.6 is 25.3 Å². The molecule has 4 nitrogen and oxygen atoms in total. The van der Waals surface area contributed by atoms with Crippen molar-refractivity contribution in [2.24, 2.45) is 5.73 Å². The van der Waals surface area contributed by atoms with Gasteiger partial charge < -0.3 is 15.9 Å². The number of carboxylic acids is 1. The van der Waals surface area contributed by atoms with Crippen LogP contribution in [0.3, 0.4) is 0 Å². The summed E-state index contributed by atoms with van der Waals surface area (Å²) in [4.78, 5) is 9.76. The second kappa shape index (κ2) is 10.1. The molecule has 0 aromatic carbocycles. The number of hydrogen-bond acceptors (Lipinski definition) is 5. The number of hydrogen-bond donors (Lipinski definition) is 5. The first kappa shape index (κ1) is 13.7. The third kappa shape index (κ3) is 13.1. The molecule has 0 spiro atoms. The number of carboxylic acid groups (broad SMARTS) is 1. The largest absolute Gasteiger partial charge is 0.480 e. The first-order valence-corrected chi connectivity index (χ1v) is 4.17. The Morgan fingerprint density at radius 3 is 1.91 bits per heavy atom. The van der Waals surface area contributed by atoms with Crippen LogP contribution < -0.4 is 5.73 Å². The Kier molecular flexibility index (Phi) is 12.5. The Morgan fingerprint density at radius 1 is 1.55 bits per heavy atom. The van der Waals surface area contributed by atoms with Crippen molar-refractivity contribution in [1.82, 2.24) is 0 Å². The standard InChI is InChI=1S/C3H7NO2S.C2H6OS/c4-2(1-7)3(5)6;3-1-2-4/h2,7H,1,4H2,(H,5,6);3-4H,1-2H2/t2-;/m0./s1. The molecule has 68 valence electrons. The van der Waals surface area contributed by atoms with Gasteiger partial charge in [0.15, 0.2) is 0 Å². The molecule has 0 fully saturated rings. The van der Waals surface area contributed by atoms with Crippen molar-refractivity contribution in [3.05, 3.63) is 0 Å². The molecule has 0 rings (SSSR count). The van der Waals surface area contributed by atoms with Gasteiger partial charge in [-0.05, 0) is 0 Å². The fourth-order valence-electron chi connectivity index (χ4n) is 0.0781. The highest BCUT2D eigenvalue weighted by atomic mass is 32.1. The summed E-state index contributed by atoms with van der Waals surface area (Å²) in [6, 6.07) is -0.816. The zero-order valence-corrected chi connectivity index (χ0v) is 7.76. The number of carbonyl (C=O) groups is 1. The van der Waals surface area contributed by atoms with Gasteiger partial charge >= 0.3 is 5.97 Å². The minimum Gasteiger partial charge on any atom is -0.480 e. The fraction of sp³-hybridized carbons (Fsp3) is 0.800. The predicted octanol–water partition coefficient (Wildman–Crippen LogP) is -0.763. The molecule has 0 aliphatic carbocycles. The summed E-state index contributed by atoms with van der Waals surface area (Å²) < 4.78 is 0. The zero-order chi connectivity index (χ0) is 9.28. The zero-order valence-electron chi connectivity index (χ0n) is 5.97. The number of aliphatic hydroxyl groups is 1. The summed E-state index contributed by atoms with van der Waals surface area (Å²) in [6.07, 6.45) is 0. The van der Waals surface area contributed by atoms with Crippen molar-refractivity contribution in [2.75, 3.05) is 18.1 Å². The maximum absolute atomic E-state index is 9.76. The molecule has 6 heteroatoms. The van der Waals surface area contributed by atoms with Crippen LogP contribution in [-0.4, -0.2) is 40.3 Å². The molecule has 4 N–H and O–H groups in total. The molecule has 0 aliphatic rings. The molecular weight excluding hydrogens is 186 g/mol. The molecule has 0 bridgehead atoms. The van der Waals surface area contributed by atoms with E-state index in [-0.39, 0.29) is 12.4 Å². The first-order valence-electron chi connectivity index (χ1n) is 2.91. The summed E-state index contributed by atoms with van der Waals surface area (Å²) in [5.74, 6) is -0.245. The number of aliphatic hydroxyl groups excluding tert-OH is 1. The summed E-state index contributed by atoms with van der Waals surface area (Å²) >= 11 is 7.32. The Balaban J connectivity index is 0. The van der Waals surface area contributed by atoms with Crippen LogP contribution in [-0.2, 0) is 4.79 Å². The third-order valence-electron chi connectivity index (χ3n) is 0.614. The number of aliphatic carboxylic acids is 1. The van der Waals surface area contributed by atoms with Crippen molar-refractivity contribution < 1.29 is 15.0 Å². The highest BCUT2D eigenvalue weighted by Gasteiger charge is 2.06. The van der Waals surface area contributed by atoms with Crippen LogP contribution in [0.1, 0.15) is 0 Å². The van der Waals surface area contributed by atoms with Crippen LogP contribution in [0.4, 0.5) is 0 Å². The van der Waals surface area contributed by atoms with E-state index in [2.05, 4.69) is 25.3 Å². The molecule has 0 unspecified atom stereocenters. The summed E-state index contributed by atoms with van der Waals surface area (Å²) in [5.41, 5.74) is 4.94. The molecule has 0 aromatic heterocycles. The second-order valence-corrected chi connectivity index (χ2v) is 2.39. The van der Waals surface area contributed by atoms with Gasteiger partial charge in [0.1, 0.15) is 6.04 Å². The van der Waals surface area contributed by atoms with Gasteiger partial charge in [-0.1, -0.05) is 0 Å². The monoisotopic (exact) mass is 199 g/mol. The van der Waals surface area contributed by atoms with Gasteiger partial charge in [-0.2, -0.15) is 25.3 Å². The van der Waals surface area contributed by atoms with Crippen LogP contribution in [0, 0.1) is 0 Å². The average Bonchev–Trinajstić information content (AvgIpc) is 2.03. The lowest BCUT2D eigenvalue weighted by Crippen LogP contribution is -2.31. The average molecular weight is 199 g/mol. The molecular formula is C5H13NO3S2. The van der Waals surface area contributed by atoms with Crippen molar-refractivity contribution >= 4 is 31.2 Å². The SMILES string of the molecule is N[C@@H](CS)C(=O)O.OCCS. The van der Waals surface area contributed by atoms with Crippen molar-refractivity contribution in [1.29, 1.82) is 0 Å². The van der Waals surface area contributed by atoms with E-state index in [1.54, 1.807) is 0 Å². The lowest BCUT2D eigenvalue weighted by Gasteiger charge is -1.96. The second-order valence-electron chi connectivity index (χ2n) is 1.57. The topological polar surface area (TPSA) is 83.6 Å². The molecule has 0 saturated heterocycles. The minimum absolute atomic E-state index is 0.184. The Morgan fingerprint density at radius 2 is 1.91 bits per heavy atom. The normalized spacial score (nSPS) is 11.3. The predicted molar refractivity (Wildman–Crippen MR) is 50.4 cm³/mol. The van der Waals surface area contributed by atoms with Gasteiger partial charge in [0.25, 0.3) is 0 Å². The number of thiol groups is 2. The lowest BCUT2D eigenvalue weighted by atomic mass is 10.4. The molecule has 0 amide bonds. The van der Waals surface area contributed by atoms with Gasteiger partial charge in [-0.25, -0.2) is 0 Å². The van der Waals surface area contributed by atoms with E-state index in [1.165, 1.54) is 0 Å². The van der Waals surface area contributed by atoms with Gasteiger partial charge in [0.05, 0.1) is 6.61 Å². The Hall–Kier alpha value is 0.0900. The van der Waals surface area contributed by atoms with E-state index >= 15 is 0 Å². The van der Waals surface area contributed by atoms with Crippen LogP contribution in [0.5, 0.6) is 0 Å². The smallest absolute Gasteiger partial charge is 0.321 e. The highest BCUT2D eigenvalue weighted by Crippen LogP contribution is 1.80. The molecule has 0 saturated carbocycles. The van der Waals surface area contributed by atoms with Crippen molar-refractivity contribution in [3.8, 4) is 0 Å². The van der Waals surface area contributed by atoms with Crippen molar-refractivity contribution in [3.63, 3.8) is 0 Å². The molecule has 11 heavy (non-hydrogen) atoms. The van der Waals surface area contributed by atoms with Gasteiger partial charge in [-0.15, -0.1) is 0 Å². The molecule has 0 heterocycles. The summed E-state index contributed by atoms with van der Waals surface area (Å²) in [6.45, 7) is 0.184. The quantitative estimate of drug-likeness (QED) is 0.387. The molecule has 0 aliphatic heterocycles. The van der Waals surface area contributed by atoms with Crippen molar-refractivity contribution in [2.45, 2.75) is 6.04 Å². The van der Waals surface area contributed by atoms with E-state index in [1.807, 2.05) is 0 Å². The maximum atomic E-state index is 9.76. The Labute approximate surface area is 76.6 Å². The van der Waals surface area contributed by atoms with Gasteiger partial charge in [0, 0.05) is 11.5 Å². The first-order chi connectivity index (χ1) is 5.09. The van der Waals surface area contributed by atoms with E-state index in [4.69, 9.17) is 15.9 Å². The van der Waals surface area contributed by atoms with E-state index in [0.717, 1.165) is 0 Å². The van der Waals surface area contributed by atoms with Gasteiger partial charge in [0.2, 0.25) is 0 Å². The summed E-state index contributed by atoms with van der Waals surface area (Å²) in [7, 11) is 0. The Bertz CT molecular complexity index is 99.7. The molecule has 0 radical (unpaired) electrons. The van der Waals surface area contributed by atoms with Crippen LogP contribution in [0.2, 0.25) is 0 Å². The van der Waals surface area contributed by atoms with E-state index in [0.29, 0.717) is 5.75 Å². The maximum Gasteiger partial charge on any atom is 0.321 e. The molecule has 1 atom stereocenters. The van der Waals surface area contributed by atoms with Crippen LogP contribution in [0.25, 0.3) is 0 Å². The van der Waals surface area contributed by atoms with Crippen LogP contribution in [0.15, 0.2) is 0 Å². The highest BCUT2D eigenvalue weighted by molar-refractivity contribution is 7.80. The summed E-state index contributed by atoms with van der Waals surface area (Å²) in [5, 5.41) is 15.8. The lowest BCUT2D eigenvalue weighted by molar-refractivity contribution is -0.137. The van der Waals surface area contributed by atoms with E-state index in [9.17, 15) is 4.79 Å². The number of nitrogens with two attached hydrogens (primary N) is 1. The molecule has 0 aromatic rings. The number of rotatable bonds is 3. The third-order valence-corrected chi connectivity index (χ3v) is 1.21.